The van der Waals surface area contributed by atoms with Gasteiger partial charge >= 0.3 is 11.9 Å². The molecule has 1 heterocycles. The van der Waals surface area contributed by atoms with E-state index < -0.39 is 47.0 Å². The molecule has 0 fully saturated rings. The molecule has 4 amide bonds. The number of carboxylic acid groups (broad SMARTS) is 2. The third kappa shape index (κ3) is 26.0. The number of carboxylic acids is 2. The maximum Gasteiger partial charge on any atom is 0.306 e. The number of H-pyrrole nitrogens is 1. The second kappa shape index (κ2) is 30.2. The van der Waals surface area contributed by atoms with E-state index in [1.54, 1.807) is 6.92 Å². The van der Waals surface area contributed by atoms with Gasteiger partial charge in [-0.3, -0.25) is 38.4 Å². The number of aliphatic carboxylic acids is 2. The Morgan fingerprint density at radius 1 is 0.763 bits per heavy atom. The number of aromatic nitrogens is 2. The number of Topliss-reactive ketones (excluding diaryl/α,β-unsaturated/α-hetero) is 2. The van der Waals surface area contributed by atoms with E-state index in [-0.39, 0.29) is 141 Å². The molecule has 0 bridgehead atoms. The minimum Gasteiger partial charge on any atom is -0.481 e. The highest BCUT2D eigenvalue weighted by Crippen LogP contribution is 2.21. The molecule has 0 aliphatic carbocycles. The Morgan fingerprint density at radius 3 is 1.90 bits per heavy atom. The molecular weight excluding hydrogens is 778 g/mol. The molecule has 9 N–H and O–H groups in total. The van der Waals surface area contributed by atoms with Crippen molar-refractivity contribution in [2.75, 3.05) is 72.5 Å². The maximum atomic E-state index is 13.3. The van der Waals surface area contributed by atoms with E-state index in [4.69, 9.17) is 34.9 Å². The van der Waals surface area contributed by atoms with Gasteiger partial charge in [-0.2, -0.15) is 0 Å². The lowest BCUT2D eigenvalue weighted by molar-refractivity contribution is -0.141. The van der Waals surface area contributed by atoms with Gasteiger partial charge in [0.15, 0.2) is 5.78 Å². The van der Waals surface area contributed by atoms with Crippen molar-refractivity contribution in [2.45, 2.75) is 90.1 Å². The Hall–Kier alpha value is -4.83. The van der Waals surface area contributed by atoms with Crippen molar-refractivity contribution < 1.29 is 67.5 Å². The number of hydrogen-bond acceptors (Lipinski definition) is 14. The van der Waals surface area contributed by atoms with Crippen LogP contribution in [0.5, 0.6) is 0 Å². The number of ether oxygens (including phenoxy) is 4. The SMILES string of the molecule is C[C@@H](CCC(=O)NCCOCCOCC(=O)NCCOCCOCC(=O)NCCCC[C@H](CC(=O)C(C)(C)NC(=O)[C@@H](N)Cc1cnc[nH]1)C(=O)CCC(=O)O)C(=O)O. The maximum absolute atomic E-state index is 13.3. The van der Waals surface area contributed by atoms with Crippen molar-refractivity contribution >= 4 is 47.1 Å². The summed E-state index contributed by atoms with van der Waals surface area (Å²) in [6, 6.07) is -0.944. The first-order chi connectivity index (χ1) is 28.0. The minimum absolute atomic E-state index is 0.119. The van der Waals surface area contributed by atoms with Gasteiger partial charge in [-0.05, 0) is 33.1 Å². The summed E-state index contributed by atoms with van der Waals surface area (Å²) in [7, 11) is 0. The topological polar surface area (TPSA) is 317 Å². The van der Waals surface area contributed by atoms with Crippen molar-refractivity contribution in [1.82, 2.24) is 31.2 Å². The summed E-state index contributed by atoms with van der Waals surface area (Å²) < 4.78 is 21.2. The van der Waals surface area contributed by atoms with Crippen LogP contribution in [0.15, 0.2) is 12.5 Å². The zero-order valence-electron chi connectivity index (χ0n) is 34.3. The molecule has 0 radical (unpaired) electrons. The van der Waals surface area contributed by atoms with Gasteiger partial charge in [0.2, 0.25) is 23.6 Å². The van der Waals surface area contributed by atoms with Gasteiger partial charge in [-0.25, -0.2) is 4.98 Å². The smallest absolute Gasteiger partial charge is 0.306 e. The van der Waals surface area contributed by atoms with Crippen LogP contribution < -0.4 is 27.0 Å². The molecular formula is C38H63N7O14. The third-order valence-corrected chi connectivity index (χ3v) is 8.81. The quantitative estimate of drug-likeness (QED) is 0.0386. The van der Waals surface area contributed by atoms with Gasteiger partial charge in [0.25, 0.3) is 0 Å². The van der Waals surface area contributed by atoms with Crippen LogP contribution in [0, 0.1) is 11.8 Å². The van der Waals surface area contributed by atoms with Crippen molar-refractivity contribution in [3.05, 3.63) is 18.2 Å². The number of amides is 4. The van der Waals surface area contributed by atoms with E-state index >= 15 is 0 Å². The molecule has 0 aliphatic rings. The molecule has 0 aromatic carbocycles. The first-order valence-corrected chi connectivity index (χ1v) is 19.7. The number of nitrogens with one attached hydrogen (secondary N) is 5. The van der Waals surface area contributed by atoms with E-state index in [0.717, 1.165) is 0 Å². The molecule has 0 saturated heterocycles. The van der Waals surface area contributed by atoms with Crippen LogP contribution in [0.4, 0.5) is 0 Å². The summed E-state index contributed by atoms with van der Waals surface area (Å²) >= 11 is 0. The number of carbonyl (C=O) groups is 8. The van der Waals surface area contributed by atoms with E-state index in [1.165, 1.54) is 26.4 Å². The molecule has 0 aliphatic heterocycles. The third-order valence-electron chi connectivity index (χ3n) is 8.81. The van der Waals surface area contributed by atoms with Crippen LogP contribution in [-0.4, -0.2) is 151 Å². The van der Waals surface area contributed by atoms with E-state index in [9.17, 15) is 38.4 Å². The normalized spacial score (nSPS) is 12.8. The van der Waals surface area contributed by atoms with E-state index in [2.05, 4.69) is 31.2 Å². The average Bonchev–Trinajstić information content (AvgIpc) is 3.70. The highest BCUT2D eigenvalue weighted by molar-refractivity contribution is 5.96. The van der Waals surface area contributed by atoms with Crippen molar-refractivity contribution in [1.29, 1.82) is 0 Å². The molecule has 21 heteroatoms. The summed E-state index contributed by atoms with van der Waals surface area (Å²) in [5.41, 5.74) is 5.32. The predicted molar refractivity (Wildman–Crippen MR) is 210 cm³/mol. The zero-order valence-corrected chi connectivity index (χ0v) is 34.3. The fourth-order valence-electron chi connectivity index (χ4n) is 5.19. The highest BCUT2D eigenvalue weighted by Gasteiger charge is 2.34. The number of unbranched alkanes of at least 4 members (excludes halogenated alkanes) is 1. The molecule has 1 aromatic heterocycles. The van der Waals surface area contributed by atoms with Crippen LogP contribution in [0.2, 0.25) is 0 Å². The van der Waals surface area contributed by atoms with Gasteiger partial charge in [0, 0.05) is 63.1 Å². The van der Waals surface area contributed by atoms with Crippen molar-refractivity contribution in [3.63, 3.8) is 0 Å². The molecule has 3 atom stereocenters. The van der Waals surface area contributed by atoms with Gasteiger partial charge in [-0.1, -0.05) is 13.3 Å². The Labute approximate surface area is 344 Å². The zero-order chi connectivity index (χ0) is 44.1. The molecule has 334 valence electrons. The Balaban J connectivity index is 2.17. The average molecular weight is 842 g/mol. The number of imidazole rings is 1. The van der Waals surface area contributed by atoms with Crippen LogP contribution in [0.1, 0.15) is 77.8 Å². The van der Waals surface area contributed by atoms with Crippen LogP contribution >= 0.6 is 0 Å². The van der Waals surface area contributed by atoms with Gasteiger partial charge in [-0.15, -0.1) is 0 Å². The Morgan fingerprint density at radius 2 is 1.34 bits per heavy atom. The summed E-state index contributed by atoms with van der Waals surface area (Å²) in [5, 5.41) is 28.5. The number of nitrogens with zero attached hydrogens (tertiary/aromatic N) is 1. The lowest BCUT2D eigenvalue weighted by atomic mass is 9.84. The van der Waals surface area contributed by atoms with Gasteiger partial charge in [0.1, 0.15) is 19.0 Å². The fourth-order valence-corrected chi connectivity index (χ4v) is 5.19. The molecule has 1 rings (SSSR count). The first-order valence-electron chi connectivity index (χ1n) is 19.7. The second-order valence-corrected chi connectivity index (χ2v) is 14.3. The lowest BCUT2D eigenvalue weighted by Crippen LogP contribution is -2.55. The number of aromatic amines is 1. The van der Waals surface area contributed by atoms with Crippen LogP contribution in [0.25, 0.3) is 0 Å². The van der Waals surface area contributed by atoms with E-state index in [1.807, 2.05) is 0 Å². The summed E-state index contributed by atoms with van der Waals surface area (Å²) in [6.07, 6.45) is 3.98. The fraction of sp³-hybridized carbons (Fsp3) is 0.711. The highest BCUT2D eigenvalue weighted by atomic mass is 16.5. The van der Waals surface area contributed by atoms with Gasteiger partial charge in [0.05, 0.1) is 69.9 Å². The molecule has 0 saturated carbocycles. The van der Waals surface area contributed by atoms with Crippen LogP contribution in [-0.2, 0) is 63.7 Å². The number of rotatable bonds is 36. The molecule has 21 nitrogen and oxygen atoms in total. The summed E-state index contributed by atoms with van der Waals surface area (Å²) in [4.78, 5) is 103. The molecule has 0 unspecified atom stereocenters. The largest absolute Gasteiger partial charge is 0.481 e. The van der Waals surface area contributed by atoms with Crippen LogP contribution in [0.3, 0.4) is 0 Å². The molecule has 59 heavy (non-hydrogen) atoms. The number of hydrogen-bond donors (Lipinski definition) is 8. The van der Waals surface area contributed by atoms with Crippen molar-refractivity contribution in [2.24, 2.45) is 17.6 Å². The number of carbonyl (C=O) groups excluding carboxylic acids is 6. The minimum atomic E-state index is -1.34. The molecule has 0 spiro atoms. The summed E-state index contributed by atoms with van der Waals surface area (Å²) in [5.74, 6) is -5.70. The predicted octanol–water partition coefficient (Wildman–Crippen LogP) is -0.730. The monoisotopic (exact) mass is 841 g/mol. The number of ketones is 2. The lowest BCUT2D eigenvalue weighted by Gasteiger charge is -2.28. The van der Waals surface area contributed by atoms with Crippen molar-refractivity contribution in [3.8, 4) is 0 Å². The number of nitrogens with two attached hydrogens (primary N) is 1. The Bertz CT molecular complexity index is 1460. The standard InChI is InChI=1S/C38H63N7O14/c1-26(37(54)55)7-9-32(48)42-12-14-56-16-19-59-24-34(50)43-13-15-57-17-18-58-23-33(49)41-11-5-4-6-27(30(46)8-10-35(51)52)20-31(47)38(2,3)45-36(53)29(39)21-28-22-40-25-44-28/h22,25-27,29H,4-21,23-24,39H2,1-3H3,(H,40,44)(H,41,49)(H,42,48)(H,43,50)(H,45,53)(H,51,52)(H,54,55)/t26-,27+,29-/m0/s1. The molecule has 1 aromatic rings. The second-order valence-electron chi connectivity index (χ2n) is 14.3. The van der Waals surface area contributed by atoms with E-state index in [0.29, 0.717) is 18.5 Å². The Kier molecular flexibility index (Phi) is 26.8. The summed E-state index contributed by atoms with van der Waals surface area (Å²) in [6.45, 7) is 6.17. The van der Waals surface area contributed by atoms with Gasteiger partial charge < -0.3 is 61.1 Å². The first kappa shape index (κ1) is 52.2.